The monoisotopic (exact) mass is 183 g/mol. The van der Waals surface area contributed by atoms with Crippen LogP contribution in [0.1, 0.15) is 33.6 Å². The molecule has 0 bridgehead atoms. The molecular formula is C10H17NO2. The zero-order valence-electron chi connectivity index (χ0n) is 8.46. The molecule has 1 aliphatic carbocycles. The molecule has 0 saturated heterocycles. The summed E-state index contributed by atoms with van der Waals surface area (Å²) in [5, 5.41) is 2.81. The van der Waals surface area contributed by atoms with E-state index in [0.29, 0.717) is 0 Å². The molecule has 0 atom stereocenters. The van der Waals surface area contributed by atoms with E-state index in [0.717, 1.165) is 12.8 Å². The normalized spacial score (nSPS) is 17.5. The lowest BCUT2D eigenvalue weighted by Gasteiger charge is -2.21. The van der Waals surface area contributed by atoms with Crippen LogP contribution in [0.15, 0.2) is 12.2 Å². The van der Waals surface area contributed by atoms with Crippen LogP contribution >= 0.6 is 0 Å². The van der Waals surface area contributed by atoms with E-state index in [1.165, 1.54) is 0 Å². The van der Waals surface area contributed by atoms with Gasteiger partial charge in [0.2, 0.25) is 0 Å². The Balaban J connectivity index is 2.25. The first-order chi connectivity index (χ1) is 5.97. The van der Waals surface area contributed by atoms with Gasteiger partial charge in [0, 0.05) is 6.04 Å². The third kappa shape index (κ3) is 3.97. The van der Waals surface area contributed by atoms with E-state index < -0.39 is 5.60 Å². The topological polar surface area (TPSA) is 38.3 Å². The maximum atomic E-state index is 11.3. The van der Waals surface area contributed by atoms with E-state index >= 15 is 0 Å². The summed E-state index contributed by atoms with van der Waals surface area (Å²) in [5.41, 5.74) is -0.407. The predicted molar refractivity (Wildman–Crippen MR) is 51.5 cm³/mol. The summed E-state index contributed by atoms with van der Waals surface area (Å²) in [7, 11) is 0. The minimum Gasteiger partial charge on any atom is -0.444 e. The third-order valence-corrected chi connectivity index (χ3v) is 1.73. The van der Waals surface area contributed by atoms with Crippen LogP contribution in [0.25, 0.3) is 0 Å². The summed E-state index contributed by atoms with van der Waals surface area (Å²) >= 11 is 0. The summed E-state index contributed by atoms with van der Waals surface area (Å²) in [5.74, 6) is 0. The van der Waals surface area contributed by atoms with Crippen LogP contribution in [0.4, 0.5) is 4.79 Å². The molecule has 0 saturated carbocycles. The number of rotatable bonds is 1. The van der Waals surface area contributed by atoms with Crippen LogP contribution in [-0.2, 0) is 4.74 Å². The molecule has 0 radical (unpaired) electrons. The second-order valence-electron chi connectivity index (χ2n) is 4.29. The molecule has 0 aromatic rings. The number of alkyl carbamates (subject to hydrolysis) is 1. The lowest BCUT2D eigenvalue weighted by atomic mass is 10.2. The molecule has 13 heavy (non-hydrogen) atoms. The number of carbonyl (C=O) groups is 1. The van der Waals surface area contributed by atoms with Gasteiger partial charge in [-0.1, -0.05) is 12.2 Å². The first-order valence-corrected chi connectivity index (χ1v) is 4.62. The molecule has 0 heterocycles. The van der Waals surface area contributed by atoms with Crippen molar-refractivity contribution in [3.63, 3.8) is 0 Å². The fraction of sp³-hybridized carbons (Fsp3) is 0.700. The van der Waals surface area contributed by atoms with Crippen molar-refractivity contribution in [2.75, 3.05) is 0 Å². The molecule has 0 spiro atoms. The summed E-state index contributed by atoms with van der Waals surface area (Å²) in [6.45, 7) is 5.58. The summed E-state index contributed by atoms with van der Waals surface area (Å²) in [4.78, 5) is 11.3. The molecular weight excluding hydrogens is 166 g/mol. The fourth-order valence-corrected chi connectivity index (χ4v) is 1.21. The van der Waals surface area contributed by atoms with Crippen molar-refractivity contribution in [2.45, 2.75) is 45.3 Å². The van der Waals surface area contributed by atoms with Crippen molar-refractivity contribution >= 4 is 6.09 Å². The molecule has 0 aromatic carbocycles. The molecule has 0 aromatic heterocycles. The standard InChI is InChI=1S/C10H17NO2/c1-10(2,3)13-9(12)11-8-6-4-5-7-8/h4-5,8H,6-7H2,1-3H3,(H,11,12). The minimum absolute atomic E-state index is 0.231. The van der Waals surface area contributed by atoms with E-state index in [2.05, 4.69) is 17.5 Å². The van der Waals surface area contributed by atoms with Gasteiger partial charge in [0.25, 0.3) is 0 Å². The van der Waals surface area contributed by atoms with Gasteiger partial charge >= 0.3 is 6.09 Å². The Kier molecular flexibility index (Phi) is 2.96. The predicted octanol–water partition coefficient (Wildman–Crippen LogP) is 2.23. The molecule has 1 N–H and O–H groups in total. The number of ether oxygens (including phenoxy) is 1. The SMILES string of the molecule is CC(C)(C)OC(=O)NC1CC=CC1. The van der Waals surface area contributed by atoms with Gasteiger partial charge in [-0.15, -0.1) is 0 Å². The number of hydrogen-bond acceptors (Lipinski definition) is 2. The molecule has 74 valence electrons. The lowest BCUT2D eigenvalue weighted by Crippen LogP contribution is -2.37. The smallest absolute Gasteiger partial charge is 0.407 e. The number of carbonyl (C=O) groups excluding carboxylic acids is 1. The average molecular weight is 183 g/mol. The maximum Gasteiger partial charge on any atom is 0.407 e. The molecule has 1 amide bonds. The lowest BCUT2D eigenvalue weighted by molar-refractivity contribution is 0.0507. The van der Waals surface area contributed by atoms with Crippen LogP contribution in [0.2, 0.25) is 0 Å². The molecule has 3 nitrogen and oxygen atoms in total. The molecule has 1 aliphatic rings. The number of hydrogen-bond donors (Lipinski definition) is 1. The highest BCUT2D eigenvalue weighted by Crippen LogP contribution is 2.11. The van der Waals surface area contributed by atoms with Crippen LogP contribution in [0.3, 0.4) is 0 Å². The number of amides is 1. The van der Waals surface area contributed by atoms with Gasteiger partial charge in [-0.2, -0.15) is 0 Å². The van der Waals surface area contributed by atoms with Gasteiger partial charge in [0.05, 0.1) is 0 Å². The Labute approximate surface area is 79.2 Å². The second kappa shape index (κ2) is 3.81. The van der Waals surface area contributed by atoms with E-state index in [1.807, 2.05) is 20.8 Å². The Bertz CT molecular complexity index is 207. The number of nitrogens with one attached hydrogen (secondary N) is 1. The minimum atomic E-state index is -0.407. The Morgan fingerprint density at radius 1 is 1.38 bits per heavy atom. The van der Waals surface area contributed by atoms with Crippen molar-refractivity contribution in [1.82, 2.24) is 5.32 Å². The first-order valence-electron chi connectivity index (χ1n) is 4.62. The van der Waals surface area contributed by atoms with Gasteiger partial charge in [0.15, 0.2) is 0 Å². The highest BCUT2D eigenvalue weighted by molar-refractivity contribution is 5.68. The fourth-order valence-electron chi connectivity index (χ4n) is 1.21. The first kappa shape index (κ1) is 10.1. The van der Waals surface area contributed by atoms with Crippen LogP contribution in [0.5, 0.6) is 0 Å². The van der Waals surface area contributed by atoms with Gasteiger partial charge in [-0.05, 0) is 33.6 Å². The van der Waals surface area contributed by atoms with E-state index in [9.17, 15) is 4.79 Å². The van der Waals surface area contributed by atoms with E-state index in [-0.39, 0.29) is 12.1 Å². The van der Waals surface area contributed by atoms with E-state index in [4.69, 9.17) is 4.74 Å². The van der Waals surface area contributed by atoms with Crippen molar-refractivity contribution in [1.29, 1.82) is 0 Å². The van der Waals surface area contributed by atoms with Gasteiger partial charge < -0.3 is 10.1 Å². The summed E-state index contributed by atoms with van der Waals surface area (Å²) in [6.07, 6.45) is 5.66. The van der Waals surface area contributed by atoms with E-state index in [1.54, 1.807) is 0 Å². The van der Waals surface area contributed by atoms with Crippen molar-refractivity contribution in [3.05, 3.63) is 12.2 Å². The Hall–Kier alpha value is -0.990. The quantitative estimate of drug-likeness (QED) is 0.633. The summed E-state index contributed by atoms with van der Waals surface area (Å²) < 4.78 is 5.12. The second-order valence-corrected chi connectivity index (χ2v) is 4.29. The largest absolute Gasteiger partial charge is 0.444 e. The van der Waals surface area contributed by atoms with Crippen molar-refractivity contribution < 1.29 is 9.53 Å². The zero-order chi connectivity index (χ0) is 9.90. The molecule has 1 rings (SSSR count). The Morgan fingerprint density at radius 3 is 2.38 bits per heavy atom. The van der Waals surface area contributed by atoms with Crippen molar-refractivity contribution in [3.8, 4) is 0 Å². The van der Waals surface area contributed by atoms with Gasteiger partial charge in [0.1, 0.15) is 5.60 Å². The molecule has 0 aliphatic heterocycles. The molecule has 0 fully saturated rings. The van der Waals surface area contributed by atoms with Crippen LogP contribution in [0, 0.1) is 0 Å². The van der Waals surface area contributed by atoms with Crippen LogP contribution < -0.4 is 5.32 Å². The highest BCUT2D eigenvalue weighted by atomic mass is 16.6. The van der Waals surface area contributed by atoms with Crippen LogP contribution in [-0.4, -0.2) is 17.7 Å². The highest BCUT2D eigenvalue weighted by Gasteiger charge is 2.19. The van der Waals surface area contributed by atoms with Gasteiger partial charge in [-0.25, -0.2) is 4.79 Å². The molecule has 3 heteroatoms. The third-order valence-electron chi connectivity index (χ3n) is 1.73. The summed E-state index contributed by atoms with van der Waals surface area (Å²) in [6, 6.07) is 0.231. The Morgan fingerprint density at radius 2 is 1.92 bits per heavy atom. The average Bonchev–Trinajstić information content (AvgIpc) is 2.34. The van der Waals surface area contributed by atoms with Crippen molar-refractivity contribution in [2.24, 2.45) is 0 Å². The zero-order valence-corrected chi connectivity index (χ0v) is 8.46. The maximum absolute atomic E-state index is 11.3. The molecule has 0 unspecified atom stereocenters. The van der Waals surface area contributed by atoms with Gasteiger partial charge in [-0.3, -0.25) is 0 Å².